The van der Waals surface area contributed by atoms with Crippen LogP contribution in [0, 0.1) is 0 Å². The summed E-state index contributed by atoms with van der Waals surface area (Å²) in [5.74, 6) is 1.04. The average Bonchev–Trinajstić information content (AvgIpc) is 3.30. The molecule has 1 saturated heterocycles. The van der Waals surface area contributed by atoms with Crippen molar-refractivity contribution in [3.8, 4) is 11.4 Å². The van der Waals surface area contributed by atoms with E-state index in [4.69, 9.17) is 9.72 Å². The molecule has 1 spiro atoms. The van der Waals surface area contributed by atoms with Crippen LogP contribution < -0.4 is 0 Å². The first-order valence-electron chi connectivity index (χ1n) is 9.60. The van der Waals surface area contributed by atoms with Crippen LogP contribution in [-0.4, -0.2) is 50.4 Å². The summed E-state index contributed by atoms with van der Waals surface area (Å²) in [5.41, 5.74) is 2.69. The van der Waals surface area contributed by atoms with Crippen LogP contribution in [0.3, 0.4) is 0 Å². The number of likely N-dealkylation sites (tertiary alicyclic amines) is 1. The zero-order chi connectivity index (χ0) is 19.0. The van der Waals surface area contributed by atoms with E-state index >= 15 is 0 Å². The Labute approximate surface area is 162 Å². The predicted octanol–water partition coefficient (Wildman–Crippen LogP) is 2.57. The molecule has 28 heavy (non-hydrogen) atoms. The highest BCUT2D eigenvalue weighted by molar-refractivity contribution is 5.90. The Morgan fingerprint density at radius 1 is 1.14 bits per heavy atom. The van der Waals surface area contributed by atoms with Gasteiger partial charge in [0.2, 0.25) is 0 Å². The molecule has 2 aliphatic rings. The van der Waals surface area contributed by atoms with Gasteiger partial charge in [-0.25, -0.2) is 15.0 Å². The van der Waals surface area contributed by atoms with Crippen LogP contribution in [0.4, 0.5) is 0 Å². The summed E-state index contributed by atoms with van der Waals surface area (Å²) >= 11 is 0. The van der Waals surface area contributed by atoms with E-state index in [-0.39, 0.29) is 5.91 Å². The smallest absolute Gasteiger partial charge is 0.289 e. The highest BCUT2D eigenvalue weighted by atomic mass is 16.5. The van der Waals surface area contributed by atoms with Crippen molar-refractivity contribution in [3.05, 3.63) is 66.0 Å². The van der Waals surface area contributed by atoms with Crippen molar-refractivity contribution in [2.45, 2.75) is 24.9 Å². The molecular weight excluding hydrogens is 354 g/mol. The predicted molar refractivity (Wildman–Crippen MR) is 103 cm³/mol. The molecule has 0 bridgehead atoms. The third-order valence-electron chi connectivity index (χ3n) is 5.64. The second-order valence-corrected chi connectivity index (χ2v) is 7.26. The number of benzene rings is 1. The van der Waals surface area contributed by atoms with Gasteiger partial charge in [-0.15, -0.1) is 0 Å². The summed E-state index contributed by atoms with van der Waals surface area (Å²) in [6.07, 6.45) is 7.47. The zero-order valence-electron chi connectivity index (χ0n) is 15.5. The summed E-state index contributed by atoms with van der Waals surface area (Å²) in [4.78, 5) is 30.9. The van der Waals surface area contributed by atoms with Gasteiger partial charge in [0, 0.05) is 37.2 Å². The highest BCUT2D eigenvalue weighted by Crippen LogP contribution is 2.41. The van der Waals surface area contributed by atoms with E-state index in [9.17, 15) is 4.79 Å². The number of hydrogen-bond acceptors (Lipinski definition) is 5. The lowest BCUT2D eigenvalue weighted by Gasteiger charge is -2.43. The van der Waals surface area contributed by atoms with E-state index in [2.05, 4.69) is 15.0 Å². The molecule has 0 atom stereocenters. The van der Waals surface area contributed by atoms with Gasteiger partial charge < -0.3 is 14.6 Å². The van der Waals surface area contributed by atoms with Crippen LogP contribution in [0.1, 0.15) is 34.7 Å². The summed E-state index contributed by atoms with van der Waals surface area (Å²) in [5, 5.41) is 0. The SMILES string of the molecule is O=C(c1ncc[nH]1)N1CCC2(CC1)OCCc1cnc(-c3ccccc3)nc12. The molecule has 142 valence electrons. The molecule has 0 aliphatic carbocycles. The lowest BCUT2D eigenvalue weighted by molar-refractivity contribution is -0.0967. The number of nitrogens with zero attached hydrogens (tertiary/aromatic N) is 4. The molecule has 5 rings (SSSR count). The van der Waals surface area contributed by atoms with Gasteiger partial charge in [-0.05, 0) is 24.8 Å². The number of nitrogens with one attached hydrogen (secondary N) is 1. The fourth-order valence-corrected chi connectivity index (χ4v) is 4.12. The molecular formula is C21H21N5O2. The molecule has 7 heteroatoms. The fourth-order valence-electron chi connectivity index (χ4n) is 4.12. The van der Waals surface area contributed by atoms with Gasteiger partial charge in [0.25, 0.3) is 5.91 Å². The summed E-state index contributed by atoms with van der Waals surface area (Å²) in [7, 11) is 0. The monoisotopic (exact) mass is 375 g/mol. The van der Waals surface area contributed by atoms with Gasteiger partial charge in [0.05, 0.1) is 12.3 Å². The second kappa shape index (κ2) is 6.83. The first-order valence-corrected chi connectivity index (χ1v) is 9.60. The number of hydrogen-bond donors (Lipinski definition) is 1. The van der Waals surface area contributed by atoms with E-state index in [1.807, 2.05) is 41.4 Å². The number of imidazole rings is 1. The standard InChI is InChI=1S/C21H21N5O2/c27-20(19-22-9-10-23-19)26-11-7-21(8-12-26)17-16(6-13-28-21)14-24-18(25-17)15-4-2-1-3-5-15/h1-5,9-10,14H,6-8,11-13H2,(H,22,23). The number of H-pyrrole nitrogens is 1. The molecule has 1 N–H and O–H groups in total. The molecule has 1 aromatic carbocycles. The van der Waals surface area contributed by atoms with Gasteiger partial charge in [-0.2, -0.15) is 0 Å². The molecule has 0 unspecified atom stereocenters. The molecule has 1 fully saturated rings. The minimum Gasteiger partial charge on any atom is -0.368 e. The van der Waals surface area contributed by atoms with Crippen molar-refractivity contribution in [2.75, 3.05) is 19.7 Å². The maximum absolute atomic E-state index is 12.6. The van der Waals surface area contributed by atoms with E-state index < -0.39 is 5.60 Å². The maximum Gasteiger partial charge on any atom is 0.289 e. The van der Waals surface area contributed by atoms with Crippen molar-refractivity contribution in [1.82, 2.24) is 24.8 Å². The number of fused-ring (bicyclic) bond motifs is 2. The number of amides is 1. The first kappa shape index (κ1) is 17.1. The van der Waals surface area contributed by atoms with Gasteiger partial charge in [0.1, 0.15) is 5.60 Å². The summed E-state index contributed by atoms with van der Waals surface area (Å²) < 4.78 is 6.29. The molecule has 3 aromatic rings. The lowest BCUT2D eigenvalue weighted by atomic mass is 9.83. The molecule has 4 heterocycles. The molecule has 2 aliphatic heterocycles. The van der Waals surface area contributed by atoms with E-state index in [0.717, 1.165) is 41.9 Å². The summed E-state index contributed by atoms with van der Waals surface area (Å²) in [6, 6.07) is 10.00. The van der Waals surface area contributed by atoms with Crippen LogP contribution in [0.2, 0.25) is 0 Å². The van der Waals surface area contributed by atoms with Crippen LogP contribution in [0.15, 0.2) is 48.9 Å². The second-order valence-electron chi connectivity index (χ2n) is 7.26. The molecule has 0 saturated carbocycles. The van der Waals surface area contributed by atoms with Gasteiger partial charge >= 0.3 is 0 Å². The van der Waals surface area contributed by atoms with Crippen molar-refractivity contribution in [1.29, 1.82) is 0 Å². The number of aromatic amines is 1. The van der Waals surface area contributed by atoms with Crippen molar-refractivity contribution in [3.63, 3.8) is 0 Å². The Bertz CT molecular complexity index is 979. The Kier molecular flexibility index (Phi) is 4.16. The Hall–Kier alpha value is -3.06. The van der Waals surface area contributed by atoms with Crippen molar-refractivity contribution >= 4 is 5.91 Å². The van der Waals surface area contributed by atoms with E-state index in [1.165, 1.54) is 0 Å². The lowest BCUT2D eigenvalue weighted by Crippen LogP contribution is -2.49. The van der Waals surface area contributed by atoms with E-state index in [1.54, 1.807) is 12.4 Å². The quantitative estimate of drug-likeness (QED) is 0.744. The topological polar surface area (TPSA) is 84.0 Å². The van der Waals surface area contributed by atoms with Crippen LogP contribution in [0.25, 0.3) is 11.4 Å². The number of carbonyl (C=O) groups is 1. The fraction of sp³-hybridized carbons (Fsp3) is 0.333. The molecule has 0 radical (unpaired) electrons. The van der Waals surface area contributed by atoms with Crippen molar-refractivity contribution < 1.29 is 9.53 Å². The molecule has 7 nitrogen and oxygen atoms in total. The average molecular weight is 375 g/mol. The van der Waals surface area contributed by atoms with Crippen LogP contribution in [-0.2, 0) is 16.8 Å². The highest BCUT2D eigenvalue weighted by Gasteiger charge is 2.43. The van der Waals surface area contributed by atoms with Crippen LogP contribution in [0.5, 0.6) is 0 Å². The number of aromatic nitrogens is 4. The first-order chi connectivity index (χ1) is 13.8. The largest absolute Gasteiger partial charge is 0.368 e. The Morgan fingerprint density at radius 3 is 2.71 bits per heavy atom. The van der Waals surface area contributed by atoms with Gasteiger partial charge in [-0.3, -0.25) is 4.79 Å². The van der Waals surface area contributed by atoms with Crippen molar-refractivity contribution in [2.24, 2.45) is 0 Å². The summed E-state index contributed by atoms with van der Waals surface area (Å²) in [6.45, 7) is 1.89. The molecule has 1 amide bonds. The van der Waals surface area contributed by atoms with E-state index in [0.29, 0.717) is 25.5 Å². The minimum absolute atomic E-state index is 0.0662. The van der Waals surface area contributed by atoms with Gasteiger partial charge in [-0.1, -0.05) is 30.3 Å². The van der Waals surface area contributed by atoms with Gasteiger partial charge in [0.15, 0.2) is 11.6 Å². The number of piperidine rings is 1. The maximum atomic E-state index is 12.6. The number of rotatable bonds is 2. The molecule has 2 aromatic heterocycles. The Morgan fingerprint density at radius 2 is 1.96 bits per heavy atom. The number of carbonyl (C=O) groups excluding carboxylic acids is 1. The van der Waals surface area contributed by atoms with Crippen LogP contribution >= 0.6 is 0 Å². The zero-order valence-corrected chi connectivity index (χ0v) is 15.5. The number of ether oxygens (including phenoxy) is 1. The normalized spacial score (nSPS) is 18.1. The third kappa shape index (κ3) is 2.88. The third-order valence-corrected chi connectivity index (χ3v) is 5.64. The minimum atomic E-state index is -0.444. The Balaban J connectivity index is 1.43.